The molecule has 0 atom stereocenters. The van der Waals surface area contributed by atoms with E-state index in [0.29, 0.717) is 25.2 Å². The molecule has 5 nitrogen and oxygen atoms in total. The molecule has 0 aliphatic carbocycles. The van der Waals surface area contributed by atoms with Gasteiger partial charge in [0.1, 0.15) is 12.0 Å². The molecule has 1 heterocycles. The van der Waals surface area contributed by atoms with E-state index in [4.69, 9.17) is 4.74 Å². The molecule has 0 spiro atoms. The van der Waals surface area contributed by atoms with Crippen molar-refractivity contribution in [2.75, 3.05) is 31.7 Å². The van der Waals surface area contributed by atoms with Crippen LogP contribution >= 0.6 is 0 Å². The van der Waals surface area contributed by atoms with Crippen LogP contribution < -0.4 is 4.74 Å². The van der Waals surface area contributed by atoms with E-state index in [9.17, 15) is 13.2 Å². The van der Waals surface area contributed by atoms with Gasteiger partial charge in [0.25, 0.3) is 0 Å². The highest BCUT2D eigenvalue weighted by atomic mass is 32.2. The fourth-order valence-electron chi connectivity index (χ4n) is 2.14. The lowest BCUT2D eigenvalue weighted by Crippen LogP contribution is -2.39. The zero-order valence-corrected chi connectivity index (χ0v) is 11.6. The maximum Gasteiger partial charge on any atom is 0.152 e. The van der Waals surface area contributed by atoms with Gasteiger partial charge in [-0.3, -0.25) is 9.69 Å². The van der Waals surface area contributed by atoms with Crippen LogP contribution in [-0.4, -0.2) is 51.3 Å². The van der Waals surface area contributed by atoms with Crippen molar-refractivity contribution in [2.45, 2.75) is 6.54 Å². The number of sulfone groups is 1. The first-order valence-corrected chi connectivity index (χ1v) is 7.91. The van der Waals surface area contributed by atoms with Gasteiger partial charge in [0.15, 0.2) is 9.84 Å². The second kappa shape index (κ2) is 5.71. The molecule has 1 aromatic carbocycles. The molecule has 1 aromatic rings. The van der Waals surface area contributed by atoms with Crippen LogP contribution in [-0.2, 0) is 16.4 Å². The molecule has 0 radical (unpaired) electrons. The summed E-state index contributed by atoms with van der Waals surface area (Å²) in [6.07, 6.45) is 0.795. The number of carbonyl (C=O) groups excluding carboxylic acids is 1. The van der Waals surface area contributed by atoms with Gasteiger partial charge in [0, 0.05) is 30.8 Å². The van der Waals surface area contributed by atoms with Crippen molar-refractivity contribution in [3.63, 3.8) is 0 Å². The van der Waals surface area contributed by atoms with Crippen LogP contribution in [0.4, 0.5) is 0 Å². The lowest BCUT2D eigenvalue weighted by atomic mass is 10.1. The standard InChI is InChI=1S/C13H17NO4S/c1-18-13-3-2-11(10-15)8-12(13)9-14-4-6-19(16,17)7-5-14/h2-3,8,10H,4-7,9H2,1H3. The maximum absolute atomic E-state index is 11.4. The summed E-state index contributed by atoms with van der Waals surface area (Å²) in [7, 11) is -1.28. The number of rotatable bonds is 4. The number of ether oxygens (including phenoxy) is 1. The van der Waals surface area contributed by atoms with Gasteiger partial charge in [-0.05, 0) is 18.2 Å². The second-order valence-corrected chi connectivity index (χ2v) is 6.92. The largest absolute Gasteiger partial charge is 0.496 e. The monoisotopic (exact) mass is 283 g/mol. The van der Waals surface area contributed by atoms with Gasteiger partial charge >= 0.3 is 0 Å². The van der Waals surface area contributed by atoms with E-state index in [0.717, 1.165) is 17.6 Å². The van der Waals surface area contributed by atoms with E-state index >= 15 is 0 Å². The van der Waals surface area contributed by atoms with Crippen molar-refractivity contribution in [2.24, 2.45) is 0 Å². The molecule has 104 valence electrons. The van der Waals surface area contributed by atoms with Crippen LogP contribution in [0.5, 0.6) is 5.75 Å². The minimum atomic E-state index is -2.87. The smallest absolute Gasteiger partial charge is 0.152 e. The number of benzene rings is 1. The molecule has 2 rings (SSSR count). The highest BCUT2D eigenvalue weighted by Crippen LogP contribution is 2.21. The molecule has 0 amide bonds. The minimum absolute atomic E-state index is 0.197. The number of methoxy groups -OCH3 is 1. The third kappa shape index (κ3) is 3.54. The van der Waals surface area contributed by atoms with Gasteiger partial charge in [0.05, 0.1) is 18.6 Å². The van der Waals surface area contributed by atoms with E-state index < -0.39 is 9.84 Å². The normalized spacial score (nSPS) is 19.0. The molecule has 1 fully saturated rings. The van der Waals surface area contributed by atoms with Crippen molar-refractivity contribution >= 4 is 16.1 Å². The zero-order chi connectivity index (χ0) is 13.9. The highest BCUT2D eigenvalue weighted by molar-refractivity contribution is 7.91. The molecule has 0 N–H and O–H groups in total. The summed E-state index contributed by atoms with van der Waals surface area (Å²) in [5, 5.41) is 0. The highest BCUT2D eigenvalue weighted by Gasteiger charge is 2.22. The fourth-order valence-corrected chi connectivity index (χ4v) is 3.42. The summed E-state index contributed by atoms with van der Waals surface area (Å²) >= 11 is 0. The first-order valence-electron chi connectivity index (χ1n) is 6.09. The van der Waals surface area contributed by atoms with Crippen LogP contribution in [0.15, 0.2) is 18.2 Å². The van der Waals surface area contributed by atoms with Gasteiger partial charge in [-0.25, -0.2) is 8.42 Å². The van der Waals surface area contributed by atoms with Gasteiger partial charge in [0.2, 0.25) is 0 Å². The molecule has 0 unspecified atom stereocenters. The van der Waals surface area contributed by atoms with Crippen molar-refractivity contribution in [3.05, 3.63) is 29.3 Å². The van der Waals surface area contributed by atoms with E-state index in [1.807, 2.05) is 0 Å². The number of nitrogens with zero attached hydrogens (tertiary/aromatic N) is 1. The van der Waals surface area contributed by atoms with Crippen LogP contribution in [0.2, 0.25) is 0 Å². The average Bonchev–Trinajstić information content (AvgIpc) is 2.41. The third-order valence-corrected chi connectivity index (χ3v) is 4.88. The van der Waals surface area contributed by atoms with Crippen molar-refractivity contribution < 1.29 is 17.9 Å². The summed E-state index contributed by atoms with van der Waals surface area (Å²) in [4.78, 5) is 12.9. The van der Waals surface area contributed by atoms with Crippen LogP contribution in [0, 0.1) is 0 Å². The molecular weight excluding hydrogens is 266 g/mol. The van der Waals surface area contributed by atoms with E-state index in [1.165, 1.54) is 0 Å². The Bertz CT molecular complexity index is 554. The quantitative estimate of drug-likeness (QED) is 0.763. The molecule has 1 saturated heterocycles. The SMILES string of the molecule is COc1ccc(C=O)cc1CN1CCS(=O)(=O)CC1. The van der Waals surface area contributed by atoms with Crippen molar-refractivity contribution in [1.82, 2.24) is 4.90 Å². The summed E-state index contributed by atoms with van der Waals surface area (Å²) in [6.45, 7) is 1.65. The third-order valence-electron chi connectivity index (χ3n) is 3.27. The van der Waals surface area contributed by atoms with E-state index in [1.54, 1.807) is 25.3 Å². The Labute approximate surface area is 113 Å². The Kier molecular flexibility index (Phi) is 4.21. The number of aldehydes is 1. The Morgan fingerprint density at radius 1 is 1.32 bits per heavy atom. The Balaban J connectivity index is 2.12. The van der Waals surface area contributed by atoms with Gasteiger partial charge in [-0.2, -0.15) is 0 Å². The van der Waals surface area contributed by atoms with Crippen molar-refractivity contribution in [3.8, 4) is 5.75 Å². The minimum Gasteiger partial charge on any atom is -0.496 e. The van der Waals surface area contributed by atoms with E-state index in [2.05, 4.69) is 4.90 Å². The van der Waals surface area contributed by atoms with Gasteiger partial charge in [-0.1, -0.05) is 0 Å². The number of hydrogen-bond donors (Lipinski definition) is 0. The first-order chi connectivity index (χ1) is 9.04. The van der Waals surface area contributed by atoms with Gasteiger partial charge in [-0.15, -0.1) is 0 Å². The maximum atomic E-state index is 11.4. The molecule has 0 aromatic heterocycles. The van der Waals surface area contributed by atoms with E-state index in [-0.39, 0.29) is 11.5 Å². The lowest BCUT2D eigenvalue weighted by molar-refractivity contribution is 0.112. The predicted octanol–water partition coefficient (Wildman–Crippen LogP) is 0.738. The summed E-state index contributed by atoms with van der Waals surface area (Å²) in [5.41, 5.74) is 1.51. The molecule has 6 heteroatoms. The predicted molar refractivity (Wildman–Crippen MR) is 72.3 cm³/mol. The molecular formula is C13H17NO4S. The zero-order valence-electron chi connectivity index (χ0n) is 10.8. The Morgan fingerprint density at radius 3 is 2.58 bits per heavy atom. The number of carbonyl (C=O) groups is 1. The van der Waals surface area contributed by atoms with Crippen LogP contribution in [0.3, 0.4) is 0 Å². The Morgan fingerprint density at radius 2 is 2.00 bits per heavy atom. The van der Waals surface area contributed by atoms with Gasteiger partial charge < -0.3 is 4.74 Å². The molecule has 1 aliphatic heterocycles. The first kappa shape index (κ1) is 14.0. The molecule has 0 bridgehead atoms. The summed E-state index contributed by atoms with van der Waals surface area (Å²) < 4.78 is 28.0. The summed E-state index contributed by atoms with van der Waals surface area (Å²) in [6, 6.07) is 5.25. The molecule has 0 saturated carbocycles. The van der Waals surface area contributed by atoms with Crippen LogP contribution in [0.25, 0.3) is 0 Å². The molecule has 1 aliphatic rings. The number of hydrogen-bond acceptors (Lipinski definition) is 5. The lowest BCUT2D eigenvalue weighted by Gasteiger charge is -2.27. The summed E-state index contributed by atoms with van der Waals surface area (Å²) in [5.74, 6) is 1.12. The fraction of sp³-hybridized carbons (Fsp3) is 0.462. The average molecular weight is 283 g/mol. The Hall–Kier alpha value is -1.40. The van der Waals surface area contributed by atoms with Crippen molar-refractivity contribution in [1.29, 1.82) is 0 Å². The topological polar surface area (TPSA) is 63.7 Å². The van der Waals surface area contributed by atoms with Crippen LogP contribution in [0.1, 0.15) is 15.9 Å². The molecule has 19 heavy (non-hydrogen) atoms. The second-order valence-electron chi connectivity index (χ2n) is 4.62.